The predicted octanol–water partition coefficient (Wildman–Crippen LogP) is 5.96. The van der Waals surface area contributed by atoms with E-state index >= 15 is 0 Å². The van der Waals surface area contributed by atoms with E-state index in [-0.39, 0.29) is 5.41 Å². The zero-order valence-electron chi connectivity index (χ0n) is 15.3. The first-order valence-electron chi connectivity index (χ1n) is 8.26. The molecule has 130 valence electrons. The smallest absolute Gasteiger partial charge is 0.218 e. The number of hydrogen-bond acceptors (Lipinski definition) is 5. The molecule has 2 aromatic heterocycles. The number of para-hydroxylation sites is 1. The molecular weight excluding hydrogens is 330 g/mol. The van der Waals surface area contributed by atoms with Crippen molar-refractivity contribution in [3.05, 3.63) is 58.2 Å². The maximum absolute atomic E-state index is 5.77. The van der Waals surface area contributed by atoms with Crippen molar-refractivity contribution in [1.29, 1.82) is 0 Å². The van der Waals surface area contributed by atoms with Crippen LogP contribution in [0.5, 0.6) is 0 Å². The summed E-state index contributed by atoms with van der Waals surface area (Å²) in [6.45, 7) is 10.5. The van der Waals surface area contributed by atoms with Gasteiger partial charge in [0.1, 0.15) is 5.76 Å². The fourth-order valence-electron chi connectivity index (χ4n) is 2.40. The number of nitrogens with zero attached hydrogens (tertiary/aromatic N) is 2. The Bertz CT molecular complexity index is 880. The molecule has 0 spiro atoms. The summed E-state index contributed by atoms with van der Waals surface area (Å²) >= 11 is 1.60. The molecular formula is C20H23N3OS. The van der Waals surface area contributed by atoms with Gasteiger partial charge < -0.3 is 9.73 Å². The van der Waals surface area contributed by atoms with E-state index < -0.39 is 0 Å². The number of aryl methyl sites for hydroxylation is 2. The highest BCUT2D eigenvalue weighted by atomic mass is 32.1. The number of thiazole rings is 1. The Kier molecular flexibility index (Phi) is 4.77. The van der Waals surface area contributed by atoms with E-state index in [4.69, 9.17) is 4.42 Å². The second kappa shape index (κ2) is 6.84. The molecule has 0 aliphatic rings. The Morgan fingerprint density at radius 2 is 1.76 bits per heavy atom. The highest BCUT2D eigenvalue weighted by Crippen LogP contribution is 2.28. The van der Waals surface area contributed by atoms with Gasteiger partial charge >= 0.3 is 0 Å². The Hall–Kier alpha value is -2.40. The van der Waals surface area contributed by atoms with Crippen LogP contribution in [0.4, 0.5) is 10.8 Å². The topological polar surface area (TPSA) is 51.0 Å². The van der Waals surface area contributed by atoms with Crippen molar-refractivity contribution in [2.24, 2.45) is 0 Å². The van der Waals surface area contributed by atoms with Gasteiger partial charge in [0, 0.05) is 28.3 Å². The molecule has 1 N–H and O–H groups in total. The van der Waals surface area contributed by atoms with Gasteiger partial charge in [0.25, 0.3) is 0 Å². The summed E-state index contributed by atoms with van der Waals surface area (Å²) in [5, 5.41) is 4.29. The van der Waals surface area contributed by atoms with Gasteiger partial charge in [0.15, 0.2) is 5.13 Å². The summed E-state index contributed by atoms with van der Waals surface area (Å²) in [6, 6.07) is 6.26. The van der Waals surface area contributed by atoms with E-state index in [9.17, 15) is 0 Å². The van der Waals surface area contributed by atoms with Crippen LogP contribution in [0.25, 0.3) is 12.2 Å². The second-order valence-corrected chi connectivity index (χ2v) is 8.17. The molecule has 4 nitrogen and oxygen atoms in total. The fraction of sp³-hybridized carbons (Fsp3) is 0.300. The molecule has 25 heavy (non-hydrogen) atoms. The van der Waals surface area contributed by atoms with E-state index in [1.807, 2.05) is 18.3 Å². The second-order valence-electron chi connectivity index (χ2n) is 7.11. The van der Waals surface area contributed by atoms with Gasteiger partial charge in [0.05, 0.1) is 6.20 Å². The Morgan fingerprint density at radius 1 is 1.04 bits per heavy atom. The number of nitrogens with one attached hydrogen (secondary N) is 1. The minimum atomic E-state index is -0.0356. The van der Waals surface area contributed by atoms with Gasteiger partial charge in [-0.3, -0.25) is 0 Å². The number of hydrogen-bond donors (Lipinski definition) is 1. The molecule has 0 unspecified atom stereocenters. The molecule has 3 aromatic rings. The Labute approximate surface area is 152 Å². The third-order valence-electron chi connectivity index (χ3n) is 3.89. The first-order chi connectivity index (χ1) is 11.8. The SMILES string of the molecule is Cc1cccc(C)c1Nc1ncc(C=Cc2ncc(C(C)(C)C)o2)s1. The average Bonchev–Trinajstić information content (AvgIpc) is 3.18. The van der Waals surface area contributed by atoms with Crippen molar-refractivity contribution in [2.75, 3.05) is 5.32 Å². The molecule has 0 aliphatic carbocycles. The standard InChI is InChI=1S/C20H23N3OS/c1-13-7-6-8-14(2)18(13)23-19-22-11-15(25-19)9-10-17-21-12-16(24-17)20(3,4)5/h6-12H,1-5H3,(H,22,23). The summed E-state index contributed by atoms with van der Waals surface area (Å²) in [6.07, 6.45) is 7.50. The summed E-state index contributed by atoms with van der Waals surface area (Å²) in [4.78, 5) is 9.81. The molecule has 2 heterocycles. The number of rotatable bonds is 4. The minimum absolute atomic E-state index is 0.0356. The van der Waals surface area contributed by atoms with Gasteiger partial charge in [0.2, 0.25) is 5.89 Å². The van der Waals surface area contributed by atoms with Crippen molar-refractivity contribution >= 4 is 34.3 Å². The molecule has 0 fully saturated rings. The normalized spacial score (nSPS) is 12.0. The van der Waals surface area contributed by atoms with Crippen molar-refractivity contribution in [2.45, 2.75) is 40.0 Å². The van der Waals surface area contributed by atoms with Gasteiger partial charge in [-0.2, -0.15) is 0 Å². The van der Waals surface area contributed by atoms with Crippen LogP contribution >= 0.6 is 11.3 Å². The lowest BCUT2D eigenvalue weighted by Gasteiger charge is -2.12. The molecule has 5 heteroatoms. The lowest BCUT2D eigenvalue weighted by atomic mass is 9.94. The molecule has 0 amide bonds. The summed E-state index contributed by atoms with van der Waals surface area (Å²) in [7, 11) is 0. The van der Waals surface area contributed by atoms with Crippen LogP contribution in [-0.4, -0.2) is 9.97 Å². The maximum Gasteiger partial charge on any atom is 0.218 e. The molecule has 3 rings (SSSR count). The van der Waals surface area contributed by atoms with Crippen LogP contribution in [0.3, 0.4) is 0 Å². The highest BCUT2D eigenvalue weighted by molar-refractivity contribution is 7.16. The molecule has 0 atom stereocenters. The molecule has 0 bridgehead atoms. The molecule has 0 saturated heterocycles. The molecule has 0 saturated carbocycles. The van der Waals surface area contributed by atoms with Gasteiger partial charge in [-0.1, -0.05) is 50.3 Å². The molecule has 1 aromatic carbocycles. The van der Waals surface area contributed by atoms with Crippen molar-refractivity contribution in [3.63, 3.8) is 0 Å². The zero-order valence-corrected chi connectivity index (χ0v) is 16.1. The van der Waals surface area contributed by atoms with Crippen molar-refractivity contribution in [1.82, 2.24) is 9.97 Å². The Balaban J connectivity index is 1.72. The van der Waals surface area contributed by atoms with Gasteiger partial charge in [-0.15, -0.1) is 0 Å². The van der Waals surface area contributed by atoms with Crippen LogP contribution in [0, 0.1) is 13.8 Å². The molecule has 0 radical (unpaired) electrons. The van der Waals surface area contributed by atoms with Crippen LogP contribution < -0.4 is 5.32 Å². The average molecular weight is 353 g/mol. The van der Waals surface area contributed by atoms with E-state index in [1.54, 1.807) is 17.5 Å². The molecule has 0 aliphatic heterocycles. The summed E-state index contributed by atoms with van der Waals surface area (Å²) in [5.41, 5.74) is 3.50. The first kappa shape index (κ1) is 17.4. The van der Waals surface area contributed by atoms with Gasteiger partial charge in [-0.25, -0.2) is 9.97 Å². The number of oxazole rings is 1. The quantitative estimate of drug-likeness (QED) is 0.629. The number of anilines is 2. The summed E-state index contributed by atoms with van der Waals surface area (Å²) in [5.74, 6) is 1.50. The first-order valence-corrected chi connectivity index (χ1v) is 9.08. The van der Waals surface area contributed by atoms with Crippen LogP contribution in [0.1, 0.15) is 48.4 Å². The Morgan fingerprint density at radius 3 is 2.40 bits per heavy atom. The van der Waals surface area contributed by atoms with Crippen LogP contribution in [0.15, 0.2) is 35.0 Å². The zero-order chi connectivity index (χ0) is 18.0. The maximum atomic E-state index is 5.77. The van der Waals surface area contributed by atoms with Crippen molar-refractivity contribution in [3.8, 4) is 0 Å². The lowest BCUT2D eigenvalue weighted by Crippen LogP contribution is -2.09. The third-order valence-corrected chi connectivity index (χ3v) is 4.77. The largest absolute Gasteiger partial charge is 0.441 e. The lowest BCUT2D eigenvalue weighted by molar-refractivity contribution is 0.403. The van der Waals surface area contributed by atoms with E-state index in [0.717, 1.165) is 21.5 Å². The van der Waals surface area contributed by atoms with E-state index in [0.29, 0.717) is 5.89 Å². The third kappa shape index (κ3) is 4.17. The van der Waals surface area contributed by atoms with E-state index in [1.165, 1.54) is 11.1 Å². The minimum Gasteiger partial charge on any atom is -0.441 e. The number of aromatic nitrogens is 2. The van der Waals surface area contributed by atoms with E-state index in [2.05, 4.69) is 68.1 Å². The number of benzene rings is 1. The van der Waals surface area contributed by atoms with Crippen LogP contribution in [0.2, 0.25) is 0 Å². The van der Waals surface area contributed by atoms with Crippen molar-refractivity contribution < 1.29 is 4.42 Å². The predicted molar refractivity (Wildman–Crippen MR) is 105 cm³/mol. The fourth-order valence-corrected chi connectivity index (χ4v) is 3.13. The summed E-state index contributed by atoms with van der Waals surface area (Å²) < 4.78 is 5.77. The monoisotopic (exact) mass is 353 g/mol. The highest BCUT2D eigenvalue weighted by Gasteiger charge is 2.18. The van der Waals surface area contributed by atoms with Crippen LogP contribution in [-0.2, 0) is 5.41 Å². The van der Waals surface area contributed by atoms with Gasteiger partial charge in [-0.05, 0) is 31.1 Å².